The van der Waals surface area contributed by atoms with E-state index in [9.17, 15) is 9.59 Å². The van der Waals surface area contributed by atoms with Crippen molar-refractivity contribution in [2.24, 2.45) is 0 Å². The van der Waals surface area contributed by atoms with Crippen LogP contribution in [0.4, 0.5) is 10.1 Å². The number of carbonyl (C=O) groups is 2. The molecule has 12 heteroatoms. The summed E-state index contributed by atoms with van der Waals surface area (Å²) < 4.78 is 15.8. The van der Waals surface area contributed by atoms with E-state index in [2.05, 4.69) is 36.6 Å². The van der Waals surface area contributed by atoms with E-state index in [1.165, 1.54) is 6.07 Å². The molecule has 3 heterocycles. The number of aromatic amines is 1. The van der Waals surface area contributed by atoms with Crippen molar-refractivity contribution in [3.8, 4) is 0 Å². The van der Waals surface area contributed by atoms with Crippen molar-refractivity contribution in [1.82, 2.24) is 31.3 Å². The Hall–Kier alpha value is -3.08. The first-order chi connectivity index (χ1) is 17.9. The minimum atomic E-state index is -1.27. The molecule has 0 unspecified atom stereocenters. The van der Waals surface area contributed by atoms with Crippen LogP contribution < -0.4 is 16.0 Å². The highest BCUT2D eigenvalue weighted by Crippen LogP contribution is 2.62. The number of nitrogens with zero attached hydrogens (tertiary/aromatic N) is 3. The van der Waals surface area contributed by atoms with E-state index in [4.69, 9.17) is 23.2 Å². The van der Waals surface area contributed by atoms with Crippen LogP contribution in [0.15, 0.2) is 36.4 Å². The van der Waals surface area contributed by atoms with Gasteiger partial charge in [-0.25, -0.2) is 4.39 Å². The standard InChI is InChI=1S/C25H24Cl2FN7O2/c26-13-7-8-15-17(11-13)30-23(37)25(15)19(14-5-4-6-16(27)20(14)28)21(31-24(25)9-2-1-3-10-24)22(36)29-12-18-32-34-35-33-18/h4-8,11,19,21,31H,1-3,9-10,12H2,(H,29,36)(H,30,37)(H,32,33,34,35)/t19-,21+,25+/m0/s1. The summed E-state index contributed by atoms with van der Waals surface area (Å²) >= 11 is 12.5. The van der Waals surface area contributed by atoms with Crippen LogP contribution in [-0.4, -0.2) is 44.0 Å². The summed E-state index contributed by atoms with van der Waals surface area (Å²) in [6.07, 6.45) is 4.05. The maximum Gasteiger partial charge on any atom is 0.238 e. The Morgan fingerprint density at radius 3 is 2.73 bits per heavy atom. The number of nitrogens with one attached hydrogen (secondary N) is 4. The summed E-state index contributed by atoms with van der Waals surface area (Å²) in [6, 6.07) is 9.03. The highest BCUT2D eigenvalue weighted by molar-refractivity contribution is 6.31. The molecule has 0 bridgehead atoms. The Labute approximate surface area is 221 Å². The Morgan fingerprint density at radius 2 is 1.97 bits per heavy atom. The molecule has 1 saturated carbocycles. The Balaban J connectivity index is 1.56. The van der Waals surface area contributed by atoms with Gasteiger partial charge < -0.3 is 10.6 Å². The van der Waals surface area contributed by atoms with Gasteiger partial charge in [0.05, 0.1) is 17.6 Å². The first-order valence-corrected chi connectivity index (χ1v) is 13.0. The molecule has 6 rings (SSSR count). The zero-order valence-corrected chi connectivity index (χ0v) is 21.2. The van der Waals surface area contributed by atoms with Crippen molar-refractivity contribution in [3.63, 3.8) is 0 Å². The summed E-state index contributed by atoms with van der Waals surface area (Å²) in [7, 11) is 0. The molecule has 1 aliphatic carbocycles. The molecule has 3 atom stereocenters. The molecule has 1 saturated heterocycles. The molecule has 0 radical (unpaired) electrons. The molecule has 2 aliphatic heterocycles. The number of hydrogen-bond donors (Lipinski definition) is 4. The third kappa shape index (κ3) is 3.57. The summed E-state index contributed by atoms with van der Waals surface area (Å²) in [4.78, 5) is 28.0. The lowest BCUT2D eigenvalue weighted by molar-refractivity contribution is -0.124. The molecule has 37 heavy (non-hydrogen) atoms. The van der Waals surface area contributed by atoms with E-state index in [0.29, 0.717) is 34.9 Å². The second-order valence-electron chi connectivity index (χ2n) is 9.88. The first-order valence-electron chi connectivity index (χ1n) is 12.2. The van der Waals surface area contributed by atoms with Gasteiger partial charge in [-0.1, -0.05) is 65.9 Å². The van der Waals surface area contributed by atoms with Gasteiger partial charge >= 0.3 is 0 Å². The Kier molecular flexibility index (Phi) is 5.93. The molecule has 4 N–H and O–H groups in total. The second kappa shape index (κ2) is 9.04. The van der Waals surface area contributed by atoms with E-state index in [-0.39, 0.29) is 23.0 Å². The lowest BCUT2D eigenvalue weighted by atomic mass is 9.55. The van der Waals surface area contributed by atoms with Crippen LogP contribution in [0.3, 0.4) is 0 Å². The van der Waals surface area contributed by atoms with Crippen molar-refractivity contribution in [2.45, 2.75) is 61.6 Å². The minimum absolute atomic E-state index is 0.0245. The van der Waals surface area contributed by atoms with Gasteiger partial charge in [-0.15, -0.1) is 10.2 Å². The monoisotopic (exact) mass is 543 g/mol. The fourth-order valence-electron chi connectivity index (χ4n) is 6.75. The molecule has 2 amide bonds. The van der Waals surface area contributed by atoms with Crippen LogP contribution in [0.1, 0.15) is 55.0 Å². The van der Waals surface area contributed by atoms with E-state index in [0.717, 1.165) is 19.3 Å². The van der Waals surface area contributed by atoms with E-state index in [1.54, 1.807) is 24.3 Å². The SMILES string of the molecule is O=C(NCc1nn[nH]n1)[C@@H]1NC2(CCCCC2)[C@@]2(C(=O)Nc3cc(Cl)ccc32)[C@H]1c1cccc(Cl)c1F. The summed E-state index contributed by atoms with van der Waals surface area (Å²) in [5, 5.41) is 23.5. The van der Waals surface area contributed by atoms with Crippen molar-refractivity contribution >= 4 is 40.7 Å². The predicted octanol–water partition coefficient (Wildman–Crippen LogP) is 3.61. The van der Waals surface area contributed by atoms with Crippen LogP contribution in [0.2, 0.25) is 10.0 Å². The minimum Gasteiger partial charge on any atom is -0.347 e. The van der Waals surface area contributed by atoms with Crippen LogP contribution in [0.25, 0.3) is 0 Å². The lowest BCUT2D eigenvalue weighted by Gasteiger charge is -2.47. The third-order valence-electron chi connectivity index (χ3n) is 8.12. The molecular weight excluding hydrogens is 520 g/mol. The molecule has 192 valence electrons. The largest absolute Gasteiger partial charge is 0.347 e. The molecule has 3 aromatic rings. The number of fused-ring (bicyclic) bond motifs is 3. The van der Waals surface area contributed by atoms with Crippen molar-refractivity contribution in [2.75, 3.05) is 5.32 Å². The molecule has 3 aliphatic rings. The number of tetrazole rings is 1. The zero-order chi connectivity index (χ0) is 25.8. The van der Waals surface area contributed by atoms with Crippen LogP contribution >= 0.6 is 23.2 Å². The highest BCUT2D eigenvalue weighted by atomic mass is 35.5. The fraction of sp³-hybridized carbons (Fsp3) is 0.400. The van der Waals surface area contributed by atoms with Crippen LogP contribution in [0.5, 0.6) is 0 Å². The molecule has 2 fully saturated rings. The van der Waals surface area contributed by atoms with Gasteiger partial charge in [0.2, 0.25) is 11.8 Å². The van der Waals surface area contributed by atoms with Gasteiger partial charge in [0.1, 0.15) is 11.2 Å². The quantitative estimate of drug-likeness (QED) is 0.398. The number of hydrogen-bond acceptors (Lipinski definition) is 6. The molecule has 2 aromatic carbocycles. The summed E-state index contributed by atoms with van der Waals surface area (Å²) in [6.45, 7) is 0.0245. The van der Waals surface area contributed by atoms with Gasteiger partial charge in [-0.05, 0) is 42.2 Å². The lowest BCUT2D eigenvalue weighted by Crippen LogP contribution is -2.60. The van der Waals surface area contributed by atoms with Crippen LogP contribution in [0, 0.1) is 5.82 Å². The topological polar surface area (TPSA) is 125 Å². The normalized spacial score (nSPS) is 25.9. The van der Waals surface area contributed by atoms with Gasteiger partial charge in [-0.2, -0.15) is 5.21 Å². The van der Waals surface area contributed by atoms with Gasteiger partial charge in [0, 0.05) is 22.2 Å². The highest BCUT2D eigenvalue weighted by Gasteiger charge is 2.72. The first kappa shape index (κ1) is 24.3. The number of carbonyl (C=O) groups excluding carboxylic acids is 2. The molecular formula is C25H24Cl2FN7O2. The van der Waals surface area contributed by atoms with Crippen molar-refractivity contribution in [1.29, 1.82) is 0 Å². The summed E-state index contributed by atoms with van der Waals surface area (Å²) in [5.74, 6) is -1.91. The number of amides is 2. The van der Waals surface area contributed by atoms with Gasteiger partial charge in [0.25, 0.3) is 0 Å². The Bertz CT molecular complexity index is 1380. The molecule has 9 nitrogen and oxygen atoms in total. The number of anilines is 1. The zero-order valence-electron chi connectivity index (χ0n) is 19.7. The van der Waals surface area contributed by atoms with Gasteiger partial charge in [-0.3, -0.25) is 14.9 Å². The van der Waals surface area contributed by atoms with Crippen LogP contribution in [-0.2, 0) is 21.5 Å². The fourth-order valence-corrected chi connectivity index (χ4v) is 7.11. The van der Waals surface area contributed by atoms with Gasteiger partial charge in [0.15, 0.2) is 5.82 Å². The number of aromatic nitrogens is 4. The number of rotatable bonds is 4. The number of benzene rings is 2. The predicted molar refractivity (Wildman–Crippen MR) is 135 cm³/mol. The van der Waals surface area contributed by atoms with Crippen molar-refractivity contribution < 1.29 is 14.0 Å². The number of halogens is 3. The maximum absolute atomic E-state index is 15.8. The average Bonchev–Trinajstić information content (AvgIpc) is 3.58. The summed E-state index contributed by atoms with van der Waals surface area (Å²) in [5.41, 5.74) is -0.576. The third-order valence-corrected chi connectivity index (χ3v) is 8.64. The van der Waals surface area contributed by atoms with E-state index >= 15 is 4.39 Å². The van der Waals surface area contributed by atoms with Crippen molar-refractivity contribution in [3.05, 3.63) is 69.2 Å². The maximum atomic E-state index is 15.8. The molecule has 2 spiro atoms. The second-order valence-corrected chi connectivity index (χ2v) is 10.7. The van der Waals surface area contributed by atoms with E-state index < -0.39 is 34.6 Å². The smallest absolute Gasteiger partial charge is 0.238 e. The number of H-pyrrole nitrogens is 1. The molecule has 1 aromatic heterocycles. The van der Waals surface area contributed by atoms with E-state index in [1.807, 2.05) is 6.07 Å². The Morgan fingerprint density at radius 1 is 1.16 bits per heavy atom. The average molecular weight is 544 g/mol.